The standard InChI is InChI=1S/C17H21N3OS/c1-2-11-8-9-13-14(10-11)22-17(19-13)20-16(21)15(18)12-6-4-3-5-7-12/h3-7,11,15H,2,8-10,18H2,1H3,(H,19,20,21). The summed E-state index contributed by atoms with van der Waals surface area (Å²) < 4.78 is 0. The van der Waals surface area contributed by atoms with E-state index >= 15 is 0 Å². The Labute approximate surface area is 134 Å². The SMILES string of the molecule is CCC1CCc2nc(NC(=O)C(N)c3ccccc3)sc2C1. The van der Waals surface area contributed by atoms with Crippen molar-refractivity contribution >= 4 is 22.4 Å². The van der Waals surface area contributed by atoms with Gasteiger partial charge in [0.25, 0.3) is 0 Å². The second-order valence-corrected chi connectivity index (χ2v) is 6.87. The first-order valence-corrected chi connectivity index (χ1v) is 8.59. The van der Waals surface area contributed by atoms with E-state index in [1.807, 2.05) is 30.3 Å². The van der Waals surface area contributed by atoms with Crippen LogP contribution < -0.4 is 11.1 Å². The minimum absolute atomic E-state index is 0.204. The molecule has 2 unspecified atom stereocenters. The molecule has 1 aliphatic rings. The van der Waals surface area contributed by atoms with E-state index in [1.165, 1.54) is 17.7 Å². The van der Waals surface area contributed by atoms with Crippen molar-refractivity contribution in [3.05, 3.63) is 46.5 Å². The lowest BCUT2D eigenvalue weighted by Gasteiger charge is -2.18. The number of benzene rings is 1. The maximum atomic E-state index is 12.3. The van der Waals surface area contributed by atoms with Gasteiger partial charge in [0.2, 0.25) is 5.91 Å². The van der Waals surface area contributed by atoms with E-state index in [-0.39, 0.29) is 5.91 Å². The Morgan fingerprint density at radius 2 is 2.23 bits per heavy atom. The van der Waals surface area contributed by atoms with E-state index in [9.17, 15) is 4.79 Å². The molecule has 0 aliphatic heterocycles. The number of fused-ring (bicyclic) bond motifs is 1. The van der Waals surface area contributed by atoms with Crippen molar-refractivity contribution in [2.45, 2.75) is 38.6 Å². The third kappa shape index (κ3) is 3.20. The zero-order valence-electron chi connectivity index (χ0n) is 12.7. The summed E-state index contributed by atoms with van der Waals surface area (Å²) in [6.07, 6.45) is 4.51. The molecule has 2 atom stereocenters. The molecule has 1 aliphatic carbocycles. The number of hydrogen-bond acceptors (Lipinski definition) is 4. The first-order chi connectivity index (χ1) is 10.7. The van der Waals surface area contributed by atoms with Crippen molar-refractivity contribution in [1.82, 2.24) is 4.98 Å². The van der Waals surface area contributed by atoms with E-state index in [0.29, 0.717) is 5.13 Å². The predicted octanol–water partition coefficient (Wildman–Crippen LogP) is 3.30. The number of rotatable bonds is 4. The average Bonchev–Trinajstić information content (AvgIpc) is 2.95. The third-order valence-corrected chi connectivity index (χ3v) is 5.33. The molecule has 5 heteroatoms. The minimum atomic E-state index is -0.662. The zero-order valence-corrected chi connectivity index (χ0v) is 13.5. The van der Waals surface area contributed by atoms with Gasteiger partial charge < -0.3 is 11.1 Å². The number of aromatic nitrogens is 1. The van der Waals surface area contributed by atoms with Crippen molar-refractivity contribution in [2.75, 3.05) is 5.32 Å². The van der Waals surface area contributed by atoms with Gasteiger partial charge in [-0.2, -0.15) is 0 Å². The largest absolute Gasteiger partial charge is 0.316 e. The van der Waals surface area contributed by atoms with Gasteiger partial charge in [0.1, 0.15) is 6.04 Å². The van der Waals surface area contributed by atoms with Gasteiger partial charge in [0.15, 0.2) is 5.13 Å². The van der Waals surface area contributed by atoms with Crippen LogP contribution in [0.25, 0.3) is 0 Å². The summed E-state index contributed by atoms with van der Waals surface area (Å²) in [5.74, 6) is 0.549. The van der Waals surface area contributed by atoms with Crippen LogP contribution in [0, 0.1) is 5.92 Å². The van der Waals surface area contributed by atoms with Crippen molar-refractivity contribution in [1.29, 1.82) is 0 Å². The molecule has 0 bridgehead atoms. The molecule has 4 nitrogen and oxygen atoms in total. The van der Waals surface area contributed by atoms with Gasteiger partial charge in [-0.1, -0.05) is 43.7 Å². The summed E-state index contributed by atoms with van der Waals surface area (Å²) in [6.45, 7) is 2.23. The smallest absolute Gasteiger partial charge is 0.247 e. The van der Waals surface area contributed by atoms with Crippen molar-refractivity contribution < 1.29 is 4.79 Å². The second-order valence-electron chi connectivity index (χ2n) is 5.78. The molecule has 0 fully saturated rings. The zero-order chi connectivity index (χ0) is 15.5. The van der Waals surface area contributed by atoms with Gasteiger partial charge in [-0.3, -0.25) is 4.79 Å². The highest BCUT2D eigenvalue weighted by Gasteiger charge is 2.23. The number of thiazole rings is 1. The van der Waals surface area contributed by atoms with Crippen LogP contribution in [0.4, 0.5) is 5.13 Å². The maximum absolute atomic E-state index is 12.3. The number of carbonyl (C=O) groups is 1. The number of carbonyl (C=O) groups excluding carboxylic acids is 1. The lowest BCUT2D eigenvalue weighted by atomic mass is 9.89. The van der Waals surface area contributed by atoms with Crippen LogP contribution in [-0.2, 0) is 17.6 Å². The summed E-state index contributed by atoms with van der Waals surface area (Å²) >= 11 is 1.60. The van der Waals surface area contributed by atoms with E-state index in [1.54, 1.807) is 11.3 Å². The molecule has 2 aromatic rings. The van der Waals surface area contributed by atoms with Gasteiger partial charge in [-0.05, 0) is 30.7 Å². The first-order valence-electron chi connectivity index (χ1n) is 7.77. The lowest BCUT2D eigenvalue weighted by molar-refractivity contribution is -0.117. The van der Waals surface area contributed by atoms with Gasteiger partial charge >= 0.3 is 0 Å². The number of amides is 1. The van der Waals surface area contributed by atoms with Crippen molar-refractivity contribution in [2.24, 2.45) is 11.7 Å². The molecule has 3 rings (SSSR count). The molecule has 1 amide bonds. The Morgan fingerprint density at radius 1 is 1.45 bits per heavy atom. The van der Waals surface area contributed by atoms with E-state index < -0.39 is 6.04 Å². The van der Waals surface area contributed by atoms with Crippen LogP contribution in [-0.4, -0.2) is 10.9 Å². The molecule has 1 aromatic carbocycles. The first kappa shape index (κ1) is 15.2. The van der Waals surface area contributed by atoms with E-state index in [0.717, 1.165) is 30.0 Å². The van der Waals surface area contributed by atoms with E-state index in [4.69, 9.17) is 5.73 Å². The molecule has 0 saturated carbocycles. The molecule has 1 heterocycles. The van der Waals surface area contributed by atoms with Crippen LogP contribution in [0.2, 0.25) is 0 Å². The number of nitrogens with zero attached hydrogens (tertiary/aromatic N) is 1. The minimum Gasteiger partial charge on any atom is -0.316 e. The summed E-state index contributed by atoms with van der Waals surface area (Å²) in [6, 6.07) is 8.75. The van der Waals surface area contributed by atoms with Crippen LogP contribution in [0.3, 0.4) is 0 Å². The number of nitrogens with two attached hydrogens (primary N) is 1. The van der Waals surface area contributed by atoms with Gasteiger partial charge in [0, 0.05) is 4.88 Å². The topological polar surface area (TPSA) is 68.0 Å². The van der Waals surface area contributed by atoms with Crippen LogP contribution in [0.15, 0.2) is 30.3 Å². The molecule has 0 radical (unpaired) electrons. The number of aryl methyl sites for hydroxylation is 1. The Balaban J connectivity index is 1.69. The van der Waals surface area contributed by atoms with Crippen LogP contribution in [0.1, 0.15) is 41.9 Å². The summed E-state index contributed by atoms with van der Waals surface area (Å²) in [4.78, 5) is 18.2. The molecule has 116 valence electrons. The fourth-order valence-electron chi connectivity index (χ4n) is 2.84. The Morgan fingerprint density at radius 3 is 2.95 bits per heavy atom. The van der Waals surface area contributed by atoms with E-state index in [2.05, 4.69) is 17.2 Å². The highest BCUT2D eigenvalue weighted by Crippen LogP contribution is 2.33. The predicted molar refractivity (Wildman–Crippen MR) is 89.9 cm³/mol. The van der Waals surface area contributed by atoms with Gasteiger partial charge in [0.05, 0.1) is 5.69 Å². The molecule has 22 heavy (non-hydrogen) atoms. The molecular formula is C17H21N3OS. The molecule has 0 spiro atoms. The van der Waals surface area contributed by atoms with Crippen LogP contribution >= 0.6 is 11.3 Å². The number of hydrogen-bond donors (Lipinski definition) is 2. The Bertz CT molecular complexity index is 653. The number of nitrogens with one attached hydrogen (secondary N) is 1. The molecule has 1 aromatic heterocycles. The summed E-state index contributed by atoms with van der Waals surface area (Å²) in [5.41, 5.74) is 7.98. The van der Waals surface area contributed by atoms with Crippen molar-refractivity contribution in [3.63, 3.8) is 0 Å². The fraction of sp³-hybridized carbons (Fsp3) is 0.412. The highest BCUT2D eigenvalue weighted by molar-refractivity contribution is 7.15. The molecular weight excluding hydrogens is 294 g/mol. The Kier molecular flexibility index (Phi) is 4.55. The van der Waals surface area contributed by atoms with Crippen LogP contribution in [0.5, 0.6) is 0 Å². The maximum Gasteiger partial charge on any atom is 0.247 e. The fourth-order valence-corrected chi connectivity index (χ4v) is 3.97. The highest BCUT2D eigenvalue weighted by atomic mass is 32.1. The number of anilines is 1. The van der Waals surface area contributed by atoms with Gasteiger partial charge in [-0.25, -0.2) is 4.98 Å². The second kappa shape index (κ2) is 6.58. The lowest BCUT2D eigenvalue weighted by Crippen LogP contribution is -2.27. The average molecular weight is 315 g/mol. The quantitative estimate of drug-likeness (QED) is 0.909. The Hall–Kier alpha value is -1.72. The third-order valence-electron chi connectivity index (χ3n) is 4.29. The summed E-state index contributed by atoms with van der Waals surface area (Å²) in [5, 5.41) is 3.55. The monoisotopic (exact) mass is 315 g/mol. The van der Waals surface area contributed by atoms with Gasteiger partial charge in [-0.15, -0.1) is 11.3 Å². The molecule has 0 saturated heterocycles. The molecule has 3 N–H and O–H groups in total. The summed E-state index contributed by atoms with van der Waals surface area (Å²) in [7, 11) is 0. The normalized spacial score (nSPS) is 18.5. The van der Waals surface area contributed by atoms with Crippen molar-refractivity contribution in [3.8, 4) is 0 Å².